The van der Waals surface area contributed by atoms with Gasteiger partial charge in [-0.3, -0.25) is 4.57 Å². The van der Waals surface area contributed by atoms with Crippen molar-refractivity contribution in [1.82, 2.24) is 14.8 Å². The van der Waals surface area contributed by atoms with Crippen molar-refractivity contribution in [2.75, 3.05) is 0 Å². The average molecular weight is 292 g/mol. The fraction of sp³-hybridized carbons (Fsp3) is 0.786. The lowest BCUT2D eigenvalue weighted by molar-refractivity contribution is 0.316. The second-order valence-electron chi connectivity index (χ2n) is 5.89. The Labute approximate surface area is 122 Å². The Kier molecular flexibility index (Phi) is 3.88. The van der Waals surface area contributed by atoms with Crippen LogP contribution in [0.2, 0.25) is 0 Å². The molecule has 2 fully saturated rings. The summed E-state index contributed by atoms with van der Waals surface area (Å²) in [6.07, 6.45) is 6.50. The van der Waals surface area contributed by atoms with Crippen LogP contribution in [-0.4, -0.2) is 20.0 Å². The van der Waals surface area contributed by atoms with Crippen LogP contribution in [0, 0.1) is 23.2 Å². The number of hydrogen-bond donors (Lipinski definition) is 1. The van der Waals surface area contributed by atoms with E-state index in [0.29, 0.717) is 12.0 Å². The molecule has 0 bridgehead atoms. The summed E-state index contributed by atoms with van der Waals surface area (Å²) >= 11 is 1.63. The first kappa shape index (κ1) is 13.7. The molecule has 1 heterocycles. The number of thioether (sulfide) groups is 1. The van der Waals surface area contributed by atoms with E-state index in [1.54, 1.807) is 16.3 Å². The van der Waals surface area contributed by atoms with Crippen LogP contribution in [-0.2, 0) is 0 Å². The molecule has 2 aliphatic carbocycles. The minimum Gasteiger partial charge on any atom is -0.267 e. The van der Waals surface area contributed by atoms with Crippen LogP contribution in [0.15, 0.2) is 9.95 Å². The highest BCUT2D eigenvalue weighted by atomic mass is 32.2. The van der Waals surface area contributed by atoms with Gasteiger partial charge in [-0.15, -0.1) is 5.10 Å². The molecule has 3 rings (SSSR count). The third-order valence-electron chi connectivity index (χ3n) is 4.48. The van der Waals surface area contributed by atoms with Crippen molar-refractivity contribution in [2.45, 2.75) is 61.9 Å². The molecule has 0 spiro atoms. The Balaban J connectivity index is 1.78. The predicted octanol–water partition coefficient (Wildman–Crippen LogP) is 2.72. The number of nitrogens with one attached hydrogen (secondary N) is 1. The Morgan fingerprint density at radius 3 is 2.90 bits per heavy atom. The van der Waals surface area contributed by atoms with E-state index in [9.17, 15) is 10.1 Å². The quantitative estimate of drug-likeness (QED) is 0.926. The summed E-state index contributed by atoms with van der Waals surface area (Å²) in [6.45, 7) is 2.22. The summed E-state index contributed by atoms with van der Waals surface area (Å²) in [7, 11) is 0. The van der Waals surface area contributed by atoms with Gasteiger partial charge in [-0.1, -0.05) is 25.1 Å². The van der Waals surface area contributed by atoms with Gasteiger partial charge < -0.3 is 0 Å². The van der Waals surface area contributed by atoms with Gasteiger partial charge >= 0.3 is 5.69 Å². The molecule has 0 saturated heterocycles. The van der Waals surface area contributed by atoms with Crippen LogP contribution in [0.5, 0.6) is 0 Å². The van der Waals surface area contributed by atoms with Crippen molar-refractivity contribution in [2.24, 2.45) is 11.8 Å². The zero-order valence-corrected chi connectivity index (χ0v) is 12.5. The van der Waals surface area contributed by atoms with Gasteiger partial charge in [-0.2, -0.15) is 5.26 Å². The van der Waals surface area contributed by atoms with Crippen molar-refractivity contribution in [3.05, 3.63) is 10.5 Å². The molecule has 2 aliphatic rings. The number of nitriles is 1. The van der Waals surface area contributed by atoms with Crippen LogP contribution in [0.4, 0.5) is 0 Å². The Hall–Kier alpha value is -1.22. The molecule has 6 heteroatoms. The Bertz CT molecular complexity index is 568. The summed E-state index contributed by atoms with van der Waals surface area (Å²) in [6, 6.07) is 2.77. The van der Waals surface area contributed by atoms with Gasteiger partial charge in [0, 0.05) is 11.3 Å². The summed E-state index contributed by atoms with van der Waals surface area (Å²) in [5, 5.41) is 17.1. The molecule has 0 radical (unpaired) electrons. The lowest BCUT2D eigenvalue weighted by Gasteiger charge is -2.31. The zero-order chi connectivity index (χ0) is 14.1. The number of aromatic nitrogens is 3. The van der Waals surface area contributed by atoms with Crippen molar-refractivity contribution >= 4 is 11.8 Å². The molecular weight excluding hydrogens is 272 g/mol. The van der Waals surface area contributed by atoms with Crippen LogP contribution in [0.25, 0.3) is 0 Å². The summed E-state index contributed by atoms with van der Waals surface area (Å²) in [5.74, 6) is 0.791. The van der Waals surface area contributed by atoms with Gasteiger partial charge in [0.15, 0.2) is 5.16 Å². The fourth-order valence-corrected chi connectivity index (χ4v) is 4.47. The van der Waals surface area contributed by atoms with E-state index in [-0.39, 0.29) is 16.9 Å². The van der Waals surface area contributed by atoms with Crippen LogP contribution in [0.3, 0.4) is 0 Å². The summed E-state index contributed by atoms with van der Waals surface area (Å²) in [4.78, 5) is 11.8. The predicted molar refractivity (Wildman–Crippen MR) is 77.5 cm³/mol. The molecule has 0 aromatic carbocycles. The van der Waals surface area contributed by atoms with E-state index in [1.807, 2.05) is 0 Å². The van der Waals surface area contributed by atoms with Crippen molar-refractivity contribution < 1.29 is 0 Å². The molecule has 108 valence electrons. The van der Waals surface area contributed by atoms with Gasteiger partial charge in [-0.25, -0.2) is 9.89 Å². The van der Waals surface area contributed by atoms with E-state index >= 15 is 0 Å². The van der Waals surface area contributed by atoms with Crippen LogP contribution in [0.1, 0.15) is 51.5 Å². The van der Waals surface area contributed by atoms with E-state index in [2.05, 4.69) is 23.2 Å². The number of rotatable bonds is 4. The topological polar surface area (TPSA) is 74.5 Å². The fourth-order valence-electron chi connectivity index (χ4n) is 3.02. The molecule has 3 unspecified atom stereocenters. The van der Waals surface area contributed by atoms with Crippen LogP contribution < -0.4 is 5.69 Å². The first-order valence-corrected chi connectivity index (χ1v) is 8.34. The molecule has 5 nitrogen and oxygen atoms in total. The van der Waals surface area contributed by atoms with Crippen LogP contribution >= 0.6 is 11.8 Å². The molecule has 3 atom stereocenters. The van der Waals surface area contributed by atoms with Crippen molar-refractivity contribution in [3.8, 4) is 6.07 Å². The van der Waals surface area contributed by atoms with E-state index in [1.165, 1.54) is 6.42 Å². The van der Waals surface area contributed by atoms with Gasteiger partial charge in [0.2, 0.25) is 0 Å². The SMILES string of the molecule is CCC1CCC(C#N)C(Sc2n[nH]c(=O)n2C2CC2)C1. The van der Waals surface area contributed by atoms with E-state index in [4.69, 9.17) is 0 Å². The van der Waals surface area contributed by atoms with Crippen molar-refractivity contribution in [3.63, 3.8) is 0 Å². The van der Waals surface area contributed by atoms with Gasteiger partial charge in [0.25, 0.3) is 0 Å². The monoisotopic (exact) mass is 292 g/mol. The minimum absolute atomic E-state index is 0.0854. The summed E-state index contributed by atoms with van der Waals surface area (Å²) < 4.78 is 1.79. The highest BCUT2D eigenvalue weighted by molar-refractivity contribution is 7.99. The molecule has 1 aromatic heterocycles. The molecule has 1 N–H and O–H groups in total. The molecular formula is C14H20N4OS. The largest absolute Gasteiger partial charge is 0.344 e. The highest BCUT2D eigenvalue weighted by Gasteiger charge is 2.34. The van der Waals surface area contributed by atoms with E-state index < -0.39 is 0 Å². The molecule has 0 amide bonds. The number of aromatic amines is 1. The molecule has 0 aliphatic heterocycles. The number of H-pyrrole nitrogens is 1. The minimum atomic E-state index is -0.105. The highest BCUT2D eigenvalue weighted by Crippen LogP contribution is 2.42. The Morgan fingerprint density at radius 2 is 2.25 bits per heavy atom. The maximum atomic E-state index is 11.8. The molecule has 20 heavy (non-hydrogen) atoms. The Morgan fingerprint density at radius 1 is 1.45 bits per heavy atom. The number of hydrogen-bond acceptors (Lipinski definition) is 4. The zero-order valence-electron chi connectivity index (χ0n) is 11.7. The smallest absolute Gasteiger partial charge is 0.267 e. The lowest BCUT2D eigenvalue weighted by Crippen LogP contribution is -2.27. The van der Waals surface area contributed by atoms with Gasteiger partial charge in [-0.05, 0) is 38.0 Å². The number of nitrogens with zero attached hydrogens (tertiary/aromatic N) is 3. The maximum absolute atomic E-state index is 11.8. The first-order chi connectivity index (χ1) is 9.72. The summed E-state index contributed by atoms with van der Waals surface area (Å²) in [5.41, 5.74) is -0.105. The third-order valence-corrected chi connectivity index (χ3v) is 5.81. The lowest BCUT2D eigenvalue weighted by atomic mass is 9.81. The maximum Gasteiger partial charge on any atom is 0.344 e. The van der Waals surface area contributed by atoms with Crippen molar-refractivity contribution in [1.29, 1.82) is 5.26 Å². The standard InChI is InChI=1S/C14H20N4OS/c1-2-9-3-4-10(8-15)12(7-9)20-14-17-16-13(19)18(14)11-5-6-11/h9-12H,2-7H2,1H3,(H,16,19). The first-order valence-electron chi connectivity index (χ1n) is 7.46. The third kappa shape index (κ3) is 2.64. The second-order valence-corrected chi connectivity index (χ2v) is 7.10. The van der Waals surface area contributed by atoms with Gasteiger partial charge in [0.1, 0.15) is 0 Å². The normalized spacial score (nSPS) is 30.1. The van der Waals surface area contributed by atoms with Gasteiger partial charge in [0.05, 0.1) is 12.0 Å². The molecule has 1 aromatic rings. The van der Waals surface area contributed by atoms with E-state index in [0.717, 1.165) is 37.3 Å². The molecule has 2 saturated carbocycles. The second kappa shape index (κ2) is 5.65. The average Bonchev–Trinajstić information content (AvgIpc) is 3.23.